The average molecular weight is 248 g/mol. The van der Waals surface area contributed by atoms with E-state index >= 15 is 0 Å². The molecule has 4 heteroatoms. The summed E-state index contributed by atoms with van der Waals surface area (Å²) < 4.78 is 5.01. The molecule has 98 valence electrons. The molecule has 2 atom stereocenters. The summed E-state index contributed by atoms with van der Waals surface area (Å²) >= 11 is 0. The first-order chi connectivity index (χ1) is 8.75. The summed E-state index contributed by atoms with van der Waals surface area (Å²) in [6, 6.07) is 2.19. The highest BCUT2D eigenvalue weighted by Gasteiger charge is 2.36. The first kappa shape index (κ1) is 11.8. The van der Waals surface area contributed by atoms with Crippen molar-refractivity contribution >= 4 is 5.91 Å². The molecule has 1 aliphatic carbocycles. The zero-order valence-corrected chi connectivity index (χ0v) is 10.9. The van der Waals surface area contributed by atoms with Gasteiger partial charge in [-0.2, -0.15) is 0 Å². The Morgan fingerprint density at radius 1 is 1.33 bits per heavy atom. The van der Waals surface area contributed by atoms with Crippen LogP contribution in [0.3, 0.4) is 0 Å². The molecule has 2 aliphatic rings. The van der Waals surface area contributed by atoms with E-state index < -0.39 is 0 Å². The van der Waals surface area contributed by atoms with Gasteiger partial charge < -0.3 is 9.42 Å². The third-order valence-corrected chi connectivity index (χ3v) is 4.35. The number of amides is 1. The number of likely N-dealkylation sites (tertiary alicyclic amines) is 1. The maximum Gasteiger partial charge on any atom is 0.276 e. The van der Waals surface area contributed by atoms with Gasteiger partial charge in [-0.3, -0.25) is 4.79 Å². The minimum atomic E-state index is 0.0588. The summed E-state index contributed by atoms with van der Waals surface area (Å²) in [7, 11) is 0. The highest BCUT2D eigenvalue weighted by molar-refractivity contribution is 5.92. The van der Waals surface area contributed by atoms with Gasteiger partial charge in [0.1, 0.15) is 5.76 Å². The summed E-state index contributed by atoms with van der Waals surface area (Å²) in [6.45, 7) is 2.70. The standard InChI is InChI=1S/C14H20N2O2/c1-10-9-12(15-18-10)14(17)16-8-4-6-11-5-2-3-7-13(11)16/h9,11,13H,2-8H2,1H3/t11-,13+/m1/s1. The normalized spacial score (nSPS) is 27.9. The SMILES string of the molecule is Cc1cc(C(=O)N2CCC[C@H]3CCCC[C@@H]32)no1. The molecule has 1 aliphatic heterocycles. The molecule has 3 rings (SSSR count). The number of hydrogen-bond acceptors (Lipinski definition) is 3. The first-order valence-electron chi connectivity index (χ1n) is 7.00. The van der Waals surface area contributed by atoms with Crippen molar-refractivity contribution in [1.82, 2.24) is 10.1 Å². The Kier molecular flexibility index (Phi) is 3.10. The molecular weight excluding hydrogens is 228 g/mol. The van der Waals surface area contributed by atoms with Crippen LogP contribution in [0, 0.1) is 12.8 Å². The summed E-state index contributed by atoms with van der Waals surface area (Å²) in [5, 5.41) is 3.86. The van der Waals surface area contributed by atoms with Crippen molar-refractivity contribution in [2.45, 2.75) is 51.5 Å². The lowest BCUT2D eigenvalue weighted by atomic mass is 9.78. The smallest absolute Gasteiger partial charge is 0.276 e. The highest BCUT2D eigenvalue weighted by atomic mass is 16.5. The van der Waals surface area contributed by atoms with Crippen LogP contribution in [0.1, 0.15) is 54.8 Å². The number of fused-ring (bicyclic) bond motifs is 1. The lowest BCUT2D eigenvalue weighted by Crippen LogP contribution is -2.49. The molecule has 4 nitrogen and oxygen atoms in total. The van der Waals surface area contributed by atoms with Crippen molar-refractivity contribution in [2.24, 2.45) is 5.92 Å². The molecule has 0 N–H and O–H groups in total. The zero-order chi connectivity index (χ0) is 12.5. The van der Waals surface area contributed by atoms with Crippen molar-refractivity contribution in [1.29, 1.82) is 0 Å². The van der Waals surface area contributed by atoms with Gasteiger partial charge in [-0.1, -0.05) is 18.0 Å². The van der Waals surface area contributed by atoms with Gasteiger partial charge in [-0.25, -0.2) is 0 Å². The summed E-state index contributed by atoms with van der Waals surface area (Å²) in [6.07, 6.45) is 7.44. The Morgan fingerprint density at radius 2 is 2.11 bits per heavy atom. The Balaban J connectivity index is 1.79. The van der Waals surface area contributed by atoms with Crippen LogP contribution in [-0.4, -0.2) is 28.6 Å². The first-order valence-corrected chi connectivity index (χ1v) is 7.00. The maximum absolute atomic E-state index is 12.5. The van der Waals surface area contributed by atoms with E-state index in [0.717, 1.165) is 19.4 Å². The molecule has 0 aromatic carbocycles. The molecule has 0 bridgehead atoms. The van der Waals surface area contributed by atoms with Gasteiger partial charge in [0.15, 0.2) is 5.69 Å². The molecule has 0 spiro atoms. The summed E-state index contributed by atoms with van der Waals surface area (Å²) in [5.41, 5.74) is 0.471. The van der Waals surface area contributed by atoms with Gasteiger partial charge in [0, 0.05) is 18.7 Å². The number of aryl methyl sites for hydroxylation is 1. The van der Waals surface area contributed by atoms with Crippen LogP contribution in [-0.2, 0) is 0 Å². The summed E-state index contributed by atoms with van der Waals surface area (Å²) in [4.78, 5) is 14.5. The maximum atomic E-state index is 12.5. The van der Waals surface area contributed by atoms with E-state index in [1.165, 1.54) is 25.7 Å². The monoisotopic (exact) mass is 248 g/mol. The van der Waals surface area contributed by atoms with E-state index in [4.69, 9.17) is 4.52 Å². The lowest BCUT2D eigenvalue weighted by molar-refractivity contribution is 0.0381. The molecule has 1 saturated heterocycles. The van der Waals surface area contributed by atoms with Crippen LogP contribution in [0.15, 0.2) is 10.6 Å². The van der Waals surface area contributed by atoms with Gasteiger partial charge in [0.25, 0.3) is 5.91 Å². The Hall–Kier alpha value is -1.32. The number of hydrogen-bond donors (Lipinski definition) is 0. The number of carbonyl (C=O) groups is 1. The lowest BCUT2D eigenvalue weighted by Gasteiger charge is -2.43. The Labute approximate surface area is 107 Å². The van der Waals surface area contributed by atoms with Crippen molar-refractivity contribution in [3.63, 3.8) is 0 Å². The minimum Gasteiger partial charge on any atom is -0.361 e. The average Bonchev–Trinajstić information content (AvgIpc) is 2.84. The van der Waals surface area contributed by atoms with Gasteiger partial charge in [-0.15, -0.1) is 0 Å². The molecule has 1 amide bonds. The van der Waals surface area contributed by atoms with Crippen LogP contribution in [0.2, 0.25) is 0 Å². The van der Waals surface area contributed by atoms with Crippen molar-refractivity contribution in [3.05, 3.63) is 17.5 Å². The molecular formula is C14H20N2O2. The predicted molar refractivity (Wildman–Crippen MR) is 67.3 cm³/mol. The zero-order valence-electron chi connectivity index (χ0n) is 10.9. The quantitative estimate of drug-likeness (QED) is 0.767. The van der Waals surface area contributed by atoms with E-state index in [-0.39, 0.29) is 5.91 Å². The second-order valence-corrected chi connectivity index (χ2v) is 5.58. The molecule has 0 radical (unpaired) electrons. The van der Waals surface area contributed by atoms with Crippen LogP contribution < -0.4 is 0 Å². The Bertz CT molecular complexity index is 439. The number of piperidine rings is 1. The van der Waals surface area contributed by atoms with Crippen LogP contribution in [0.5, 0.6) is 0 Å². The van der Waals surface area contributed by atoms with Gasteiger partial charge in [-0.05, 0) is 38.5 Å². The van der Waals surface area contributed by atoms with Gasteiger partial charge in [0.05, 0.1) is 0 Å². The second-order valence-electron chi connectivity index (χ2n) is 5.58. The molecule has 2 fully saturated rings. The van der Waals surface area contributed by atoms with Crippen LogP contribution in [0.4, 0.5) is 0 Å². The molecule has 2 heterocycles. The Morgan fingerprint density at radius 3 is 2.89 bits per heavy atom. The number of aromatic nitrogens is 1. The second kappa shape index (κ2) is 4.75. The molecule has 1 aromatic rings. The fraction of sp³-hybridized carbons (Fsp3) is 0.714. The third kappa shape index (κ3) is 2.04. The van der Waals surface area contributed by atoms with Crippen molar-refractivity contribution < 1.29 is 9.32 Å². The molecule has 0 unspecified atom stereocenters. The van der Waals surface area contributed by atoms with E-state index in [0.29, 0.717) is 23.4 Å². The fourth-order valence-corrected chi connectivity index (χ4v) is 3.49. The van der Waals surface area contributed by atoms with Crippen molar-refractivity contribution in [2.75, 3.05) is 6.54 Å². The molecule has 18 heavy (non-hydrogen) atoms. The van der Waals surface area contributed by atoms with E-state index in [9.17, 15) is 4.79 Å². The molecule has 1 saturated carbocycles. The number of rotatable bonds is 1. The predicted octanol–water partition coefficient (Wildman–Crippen LogP) is 2.78. The summed E-state index contributed by atoms with van der Waals surface area (Å²) in [5.74, 6) is 1.48. The van der Waals surface area contributed by atoms with Crippen LogP contribution in [0.25, 0.3) is 0 Å². The number of nitrogens with zero attached hydrogens (tertiary/aromatic N) is 2. The van der Waals surface area contributed by atoms with E-state index in [1.807, 2.05) is 11.8 Å². The van der Waals surface area contributed by atoms with Crippen LogP contribution >= 0.6 is 0 Å². The van der Waals surface area contributed by atoms with Gasteiger partial charge in [0.2, 0.25) is 0 Å². The largest absolute Gasteiger partial charge is 0.361 e. The third-order valence-electron chi connectivity index (χ3n) is 4.35. The van der Waals surface area contributed by atoms with E-state index in [2.05, 4.69) is 5.16 Å². The minimum absolute atomic E-state index is 0.0588. The topological polar surface area (TPSA) is 46.3 Å². The number of carbonyl (C=O) groups excluding carboxylic acids is 1. The van der Waals surface area contributed by atoms with Crippen molar-refractivity contribution in [3.8, 4) is 0 Å². The molecule has 1 aromatic heterocycles. The highest BCUT2D eigenvalue weighted by Crippen LogP contribution is 2.35. The van der Waals surface area contributed by atoms with Gasteiger partial charge >= 0.3 is 0 Å². The van der Waals surface area contributed by atoms with E-state index in [1.54, 1.807) is 6.07 Å². The fourth-order valence-electron chi connectivity index (χ4n) is 3.49.